The van der Waals surface area contributed by atoms with Crippen LogP contribution in [0.25, 0.3) is 0 Å². The number of hydrogen-bond donors (Lipinski definition) is 0. The molecule has 0 saturated carbocycles. The van der Waals surface area contributed by atoms with Crippen LogP contribution in [0, 0.1) is 0 Å². The standard InChI is InChI=1S/C19H26ClNO9S/c1-18(2,3)29-16(23)21(17(24)30-19(4,5)6)12-10-9-11(15(22)28-8)13(27-7)14(12)31(20,25)26/h9-10H,1-8H3. The van der Waals surface area contributed by atoms with Crippen LogP contribution >= 0.6 is 10.7 Å². The van der Waals surface area contributed by atoms with E-state index in [0.717, 1.165) is 26.4 Å². The molecule has 0 bridgehead atoms. The first-order valence-electron chi connectivity index (χ1n) is 8.93. The van der Waals surface area contributed by atoms with Gasteiger partial charge in [-0.05, 0) is 53.7 Å². The van der Waals surface area contributed by atoms with Crippen LogP contribution in [0.1, 0.15) is 51.9 Å². The van der Waals surface area contributed by atoms with E-state index in [-0.39, 0.29) is 5.56 Å². The molecule has 1 aromatic rings. The molecule has 0 heterocycles. The second kappa shape index (κ2) is 9.31. The lowest BCUT2D eigenvalue weighted by atomic mass is 10.1. The van der Waals surface area contributed by atoms with Gasteiger partial charge in [0.2, 0.25) is 0 Å². The molecular weight excluding hydrogens is 454 g/mol. The molecule has 0 aliphatic carbocycles. The number of benzene rings is 1. The number of ether oxygens (including phenoxy) is 4. The summed E-state index contributed by atoms with van der Waals surface area (Å²) < 4.78 is 45.0. The van der Waals surface area contributed by atoms with E-state index >= 15 is 0 Å². The molecule has 0 aromatic heterocycles. The van der Waals surface area contributed by atoms with Gasteiger partial charge in [-0.25, -0.2) is 22.8 Å². The zero-order valence-corrected chi connectivity index (χ0v) is 20.1. The fourth-order valence-electron chi connectivity index (χ4n) is 2.32. The number of rotatable bonds is 4. The average Bonchev–Trinajstić information content (AvgIpc) is 2.56. The summed E-state index contributed by atoms with van der Waals surface area (Å²) in [6, 6.07) is 2.14. The molecule has 0 fully saturated rings. The Bertz CT molecular complexity index is 947. The Morgan fingerprint density at radius 2 is 1.35 bits per heavy atom. The second-order valence-electron chi connectivity index (χ2n) is 8.22. The summed E-state index contributed by atoms with van der Waals surface area (Å²) >= 11 is 0. The van der Waals surface area contributed by atoms with Crippen LogP contribution in [0.2, 0.25) is 0 Å². The van der Waals surface area contributed by atoms with Gasteiger partial charge in [-0.1, -0.05) is 0 Å². The van der Waals surface area contributed by atoms with Gasteiger partial charge >= 0.3 is 18.2 Å². The van der Waals surface area contributed by atoms with Crippen molar-refractivity contribution in [3.63, 3.8) is 0 Å². The molecule has 12 heteroatoms. The number of imide groups is 1. The first kappa shape index (κ1) is 26.5. The van der Waals surface area contributed by atoms with E-state index in [1.54, 1.807) is 41.5 Å². The SMILES string of the molecule is COC(=O)c1ccc(N(C(=O)OC(C)(C)C)C(=O)OC(C)(C)C)c(S(=O)(=O)Cl)c1OC. The predicted octanol–water partition coefficient (Wildman–Crippen LogP) is 4.09. The molecule has 1 aromatic carbocycles. The largest absolute Gasteiger partial charge is 0.494 e. The fourth-order valence-corrected chi connectivity index (χ4v) is 3.59. The summed E-state index contributed by atoms with van der Waals surface area (Å²) in [6.45, 7) is 9.32. The van der Waals surface area contributed by atoms with Gasteiger partial charge in [0.15, 0.2) is 5.75 Å². The Balaban J connectivity index is 3.91. The van der Waals surface area contributed by atoms with E-state index in [4.69, 9.17) is 24.9 Å². The van der Waals surface area contributed by atoms with E-state index in [1.807, 2.05) is 0 Å². The van der Waals surface area contributed by atoms with E-state index in [0.29, 0.717) is 4.90 Å². The lowest BCUT2D eigenvalue weighted by molar-refractivity contribution is 0.0429. The van der Waals surface area contributed by atoms with Gasteiger partial charge in [-0.15, -0.1) is 0 Å². The van der Waals surface area contributed by atoms with Gasteiger partial charge in [0.1, 0.15) is 21.7 Å². The smallest absolute Gasteiger partial charge is 0.424 e. The number of nitrogens with zero attached hydrogens (tertiary/aromatic N) is 1. The molecule has 0 atom stereocenters. The van der Waals surface area contributed by atoms with Crippen LogP contribution in [-0.2, 0) is 23.3 Å². The highest BCUT2D eigenvalue weighted by atomic mass is 35.7. The third kappa shape index (κ3) is 7.00. The Morgan fingerprint density at radius 3 is 1.68 bits per heavy atom. The van der Waals surface area contributed by atoms with E-state index in [2.05, 4.69) is 4.74 Å². The van der Waals surface area contributed by atoms with Crippen LogP contribution in [0.5, 0.6) is 5.75 Å². The molecule has 0 spiro atoms. The number of halogens is 1. The summed E-state index contributed by atoms with van der Waals surface area (Å²) in [7, 11) is 3.11. The number of carbonyl (C=O) groups excluding carboxylic acids is 3. The van der Waals surface area contributed by atoms with Crippen LogP contribution in [0.3, 0.4) is 0 Å². The molecule has 31 heavy (non-hydrogen) atoms. The number of anilines is 1. The van der Waals surface area contributed by atoms with Crippen molar-refractivity contribution in [1.29, 1.82) is 0 Å². The van der Waals surface area contributed by atoms with Crippen LogP contribution in [-0.4, -0.2) is 52.0 Å². The summed E-state index contributed by atoms with van der Waals surface area (Å²) in [5.41, 5.74) is -2.88. The van der Waals surface area contributed by atoms with Crippen LogP contribution < -0.4 is 9.64 Å². The maximum absolute atomic E-state index is 12.9. The fraction of sp³-hybridized carbons (Fsp3) is 0.526. The zero-order valence-electron chi connectivity index (χ0n) is 18.6. The minimum absolute atomic E-state index is 0.290. The van der Waals surface area contributed by atoms with Crippen molar-refractivity contribution in [1.82, 2.24) is 0 Å². The van der Waals surface area contributed by atoms with Gasteiger partial charge in [-0.3, -0.25) is 0 Å². The minimum Gasteiger partial charge on any atom is -0.494 e. The molecule has 1 rings (SSSR count). The number of hydrogen-bond acceptors (Lipinski definition) is 9. The van der Waals surface area contributed by atoms with Crippen molar-refractivity contribution in [2.45, 2.75) is 57.6 Å². The highest BCUT2D eigenvalue weighted by Crippen LogP contribution is 2.40. The molecule has 0 aliphatic rings. The number of esters is 1. The lowest BCUT2D eigenvalue weighted by Crippen LogP contribution is -2.44. The Kier molecular flexibility index (Phi) is 7.96. The molecular formula is C19H26ClNO9S. The maximum atomic E-state index is 12.9. The Hall–Kier alpha value is -2.53. The predicted molar refractivity (Wildman–Crippen MR) is 112 cm³/mol. The highest BCUT2D eigenvalue weighted by Gasteiger charge is 2.38. The molecule has 0 N–H and O–H groups in total. The molecule has 2 amide bonds. The van der Waals surface area contributed by atoms with Gasteiger partial charge in [0.25, 0.3) is 9.05 Å². The summed E-state index contributed by atoms with van der Waals surface area (Å²) in [6.07, 6.45) is -2.45. The normalized spacial score (nSPS) is 12.0. The summed E-state index contributed by atoms with van der Waals surface area (Å²) in [5, 5.41) is 0. The molecule has 0 saturated heterocycles. The second-order valence-corrected chi connectivity index (χ2v) is 10.7. The monoisotopic (exact) mass is 479 g/mol. The minimum atomic E-state index is -4.66. The Labute approximate surface area is 185 Å². The van der Waals surface area contributed by atoms with Crippen molar-refractivity contribution >= 4 is 43.6 Å². The maximum Gasteiger partial charge on any atom is 0.424 e. The Morgan fingerprint density at radius 1 is 0.903 bits per heavy atom. The average molecular weight is 480 g/mol. The van der Waals surface area contributed by atoms with Crippen molar-refractivity contribution in [2.24, 2.45) is 0 Å². The summed E-state index contributed by atoms with van der Waals surface area (Å²) in [4.78, 5) is 37.4. The zero-order chi connectivity index (χ0) is 24.4. The van der Waals surface area contributed by atoms with Gasteiger partial charge in [-0.2, -0.15) is 4.90 Å². The molecule has 0 radical (unpaired) electrons. The van der Waals surface area contributed by atoms with Crippen molar-refractivity contribution in [3.8, 4) is 5.75 Å². The van der Waals surface area contributed by atoms with Gasteiger partial charge < -0.3 is 18.9 Å². The number of methoxy groups -OCH3 is 2. The third-order valence-corrected chi connectivity index (χ3v) is 4.68. The molecule has 174 valence electrons. The number of amides is 2. The van der Waals surface area contributed by atoms with E-state index in [1.165, 1.54) is 0 Å². The first-order chi connectivity index (χ1) is 13.9. The lowest BCUT2D eigenvalue weighted by Gasteiger charge is -2.29. The van der Waals surface area contributed by atoms with Crippen molar-refractivity contribution in [2.75, 3.05) is 19.1 Å². The molecule has 10 nitrogen and oxygen atoms in total. The van der Waals surface area contributed by atoms with Gasteiger partial charge in [0, 0.05) is 10.7 Å². The number of carbonyl (C=O) groups is 3. The topological polar surface area (TPSA) is 126 Å². The molecule has 0 unspecified atom stereocenters. The first-order valence-corrected chi connectivity index (χ1v) is 11.2. The molecule has 0 aliphatic heterocycles. The van der Waals surface area contributed by atoms with Crippen molar-refractivity contribution < 1.29 is 41.7 Å². The quantitative estimate of drug-likeness (QED) is 0.356. The van der Waals surface area contributed by atoms with E-state index in [9.17, 15) is 22.8 Å². The van der Waals surface area contributed by atoms with Crippen molar-refractivity contribution in [3.05, 3.63) is 17.7 Å². The van der Waals surface area contributed by atoms with Crippen LogP contribution in [0.4, 0.5) is 15.3 Å². The van der Waals surface area contributed by atoms with Gasteiger partial charge in [0.05, 0.1) is 19.9 Å². The third-order valence-electron chi connectivity index (χ3n) is 3.34. The van der Waals surface area contributed by atoms with Crippen LogP contribution in [0.15, 0.2) is 17.0 Å². The van der Waals surface area contributed by atoms with E-state index < -0.39 is 54.7 Å². The summed E-state index contributed by atoms with van der Waals surface area (Å²) in [5.74, 6) is -1.44. The highest BCUT2D eigenvalue weighted by molar-refractivity contribution is 8.14.